The Hall–Kier alpha value is -1.61. The lowest BCUT2D eigenvalue weighted by Gasteiger charge is -2.14. The van der Waals surface area contributed by atoms with Gasteiger partial charge in [-0.05, 0) is 25.5 Å². The molecule has 1 aromatic rings. The molecule has 20 heavy (non-hydrogen) atoms. The number of carboxylic acids is 1. The first-order valence-electron chi connectivity index (χ1n) is 5.52. The van der Waals surface area contributed by atoms with Crippen molar-refractivity contribution in [3.63, 3.8) is 0 Å². The van der Waals surface area contributed by atoms with Gasteiger partial charge in [0, 0.05) is 12.5 Å². The Morgan fingerprint density at radius 2 is 1.90 bits per heavy atom. The van der Waals surface area contributed by atoms with Crippen molar-refractivity contribution in [3.8, 4) is 0 Å². The van der Waals surface area contributed by atoms with Gasteiger partial charge in [0.2, 0.25) is 10.0 Å². The molecule has 0 heterocycles. The molecule has 1 rings (SSSR count). The standard InChI is InChI=1S/C11H12F3NO4S/c1-6(2-5-9(16)17)15-20(18,19)8-4-3-7(12)10(13)11(8)14/h3-4,6,15H,2,5H2,1H3,(H,16,17). The van der Waals surface area contributed by atoms with Crippen molar-refractivity contribution in [3.05, 3.63) is 29.6 Å². The number of sulfonamides is 1. The predicted octanol–water partition coefficient (Wildman–Crippen LogP) is 1.64. The molecule has 1 atom stereocenters. The van der Waals surface area contributed by atoms with Crippen molar-refractivity contribution in [2.75, 3.05) is 0 Å². The average molecular weight is 311 g/mol. The van der Waals surface area contributed by atoms with E-state index in [0.29, 0.717) is 12.1 Å². The van der Waals surface area contributed by atoms with E-state index in [0.717, 1.165) is 0 Å². The zero-order valence-corrected chi connectivity index (χ0v) is 11.2. The number of carbonyl (C=O) groups is 1. The first-order chi connectivity index (χ1) is 9.15. The molecule has 0 aromatic heterocycles. The summed E-state index contributed by atoms with van der Waals surface area (Å²) in [6.45, 7) is 1.37. The highest BCUT2D eigenvalue weighted by Crippen LogP contribution is 2.20. The Kier molecular flexibility index (Phi) is 5.12. The molecular formula is C11H12F3NO4S. The van der Waals surface area contributed by atoms with Crippen LogP contribution in [-0.4, -0.2) is 25.5 Å². The number of hydrogen-bond donors (Lipinski definition) is 2. The van der Waals surface area contributed by atoms with Gasteiger partial charge in [-0.1, -0.05) is 0 Å². The Morgan fingerprint density at radius 1 is 1.30 bits per heavy atom. The molecule has 0 aliphatic heterocycles. The maximum absolute atomic E-state index is 13.4. The van der Waals surface area contributed by atoms with E-state index < -0.39 is 44.4 Å². The van der Waals surface area contributed by atoms with E-state index in [-0.39, 0.29) is 12.8 Å². The van der Waals surface area contributed by atoms with Crippen LogP contribution in [0.1, 0.15) is 19.8 Å². The number of benzene rings is 1. The quantitative estimate of drug-likeness (QED) is 0.782. The molecule has 0 saturated carbocycles. The fourth-order valence-electron chi connectivity index (χ4n) is 1.44. The fourth-order valence-corrected chi connectivity index (χ4v) is 2.79. The molecule has 0 radical (unpaired) electrons. The summed E-state index contributed by atoms with van der Waals surface area (Å²) in [5.41, 5.74) is 0. The van der Waals surface area contributed by atoms with Crippen LogP contribution in [-0.2, 0) is 14.8 Å². The van der Waals surface area contributed by atoms with Crippen LogP contribution in [0.15, 0.2) is 17.0 Å². The van der Waals surface area contributed by atoms with Crippen LogP contribution in [0.4, 0.5) is 13.2 Å². The van der Waals surface area contributed by atoms with Crippen molar-refractivity contribution in [2.24, 2.45) is 0 Å². The number of halogens is 3. The molecule has 112 valence electrons. The van der Waals surface area contributed by atoms with Crippen molar-refractivity contribution in [2.45, 2.75) is 30.7 Å². The summed E-state index contributed by atoms with van der Waals surface area (Å²) < 4.78 is 64.7. The predicted molar refractivity (Wildman–Crippen MR) is 63.0 cm³/mol. The SMILES string of the molecule is CC(CCC(=O)O)NS(=O)(=O)c1ccc(F)c(F)c1F. The third-order valence-corrected chi connectivity index (χ3v) is 4.04. The topological polar surface area (TPSA) is 83.5 Å². The van der Waals surface area contributed by atoms with Crippen molar-refractivity contribution in [1.82, 2.24) is 4.72 Å². The van der Waals surface area contributed by atoms with Crippen LogP contribution >= 0.6 is 0 Å². The van der Waals surface area contributed by atoms with Crippen molar-refractivity contribution in [1.29, 1.82) is 0 Å². The minimum atomic E-state index is -4.40. The third-order valence-electron chi connectivity index (χ3n) is 2.44. The minimum Gasteiger partial charge on any atom is -0.481 e. The summed E-state index contributed by atoms with van der Waals surface area (Å²) in [5.74, 6) is -6.32. The molecule has 5 nitrogen and oxygen atoms in total. The number of nitrogens with one attached hydrogen (secondary N) is 1. The maximum atomic E-state index is 13.4. The largest absolute Gasteiger partial charge is 0.481 e. The van der Waals surface area contributed by atoms with E-state index in [9.17, 15) is 26.4 Å². The second kappa shape index (κ2) is 6.23. The fraction of sp³-hybridized carbons (Fsp3) is 0.364. The monoisotopic (exact) mass is 311 g/mol. The Morgan fingerprint density at radius 3 is 2.45 bits per heavy atom. The average Bonchev–Trinajstić information content (AvgIpc) is 2.32. The first kappa shape index (κ1) is 16.4. The normalized spacial score (nSPS) is 13.2. The lowest BCUT2D eigenvalue weighted by atomic mass is 10.2. The second-order valence-electron chi connectivity index (χ2n) is 4.13. The molecule has 0 aliphatic carbocycles. The summed E-state index contributed by atoms with van der Waals surface area (Å²) in [5, 5.41) is 8.46. The van der Waals surface area contributed by atoms with E-state index in [1.807, 2.05) is 4.72 Å². The van der Waals surface area contributed by atoms with Gasteiger partial charge in [0.05, 0.1) is 0 Å². The summed E-state index contributed by atoms with van der Waals surface area (Å²) in [7, 11) is -4.40. The first-order valence-corrected chi connectivity index (χ1v) is 7.01. The molecule has 0 spiro atoms. The summed E-state index contributed by atoms with van der Waals surface area (Å²) in [6, 6.07) is 0.290. The number of carboxylic acid groups (broad SMARTS) is 1. The molecule has 0 aliphatic rings. The summed E-state index contributed by atoms with van der Waals surface area (Å²) in [6.07, 6.45) is -0.316. The van der Waals surface area contributed by atoms with E-state index in [1.165, 1.54) is 6.92 Å². The van der Waals surface area contributed by atoms with Gasteiger partial charge in [-0.2, -0.15) is 0 Å². The van der Waals surface area contributed by atoms with Gasteiger partial charge < -0.3 is 5.11 Å². The molecule has 2 N–H and O–H groups in total. The molecule has 0 amide bonds. The molecular weight excluding hydrogens is 299 g/mol. The second-order valence-corrected chi connectivity index (χ2v) is 5.81. The van der Waals surface area contributed by atoms with Crippen molar-refractivity contribution < 1.29 is 31.5 Å². The van der Waals surface area contributed by atoms with Crippen molar-refractivity contribution >= 4 is 16.0 Å². The number of aliphatic carboxylic acids is 1. The number of hydrogen-bond acceptors (Lipinski definition) is 3. The Labute approximate surface area is 113 Å². The van der Waals surface area contributed by atoms with Crippen LogP contribution in [0.2, 0.25) is 0 Å². The molecule has 0 fully saturated rings. The smallest absolute Gasteiger partial charge is 0.303 e. The van der Waals surface area contributed by atoms with E-state index >= 15 is 0 Å². The van der Waals surface area contributed by atoms with Gasteiger partial charge in [-0.25, -0.2) is 26.3 Å². The lowest BCUT2D eigenvalue weighted by Crippen LogP contribution is -2.33. The molecule has 9 heteroatoms. The van der Waals surface area contributed by atoms with Gasteiger partial charge in [-0.3, -0.25) is 4.79 Å². The highest BCUT2D eigenvalue weighted by atomic mass is 32.2. The lowest BCUT2D eigenvalue weighted by molar-refractivity contribution is -0.137. The van der Waals surface area contributed by atoms with Gasteiger partial charge in [0.1, 0.15) is 4.90 Å². The summed E-state index contributed by atoms with van der Waals surface area (Å²) >= 11 is 0. The Balaban J connectivity index is 2.95. The highest BCUT2D eigenvalue weighted by Gasteiger charge is 2.25. The molecule has 0 saturated heterocycles. The molecule has 0 bridgehead atoms. The van der Waals surface area contributed by atoms with Gasteiger partial charge in [0.15, 0.2) is 17.5 Å². The van der Waals surface area contributed by atoms with E-state index in [1.54, 1.807) is 0 Å². The zero-order valence-electron chi connectivity index (χ0n) is 10.4. The van der Waals surface area contributed by atoms with Crippen LogP contribution < -0.4 is 4.72 Å². The van der Waals surface area contributed by atoms with Crippen LogP contribution in [0, 0.1) is 17.5 Å². The molecule has 1 aromatic carbocycles. The Bertz CT molecular complexity index is 618. The van der Waals surface area contributed by atoms with Gasteiger partial charge in [0.25, 0.3) is 0 Å². The maximum Gasteiger partial charge on any atom is 0.303 e. The van der Waals surface area contributed by atoms with Gasteiger partial charge >= 0.3 is 5.97 Å². The van der Waals surface area contributed by atoms with Gasteiger partial charge in [-0.15, -0.1) is 0 Å². The van der Waals surface area contributed by atoms with Crippen LogP contribution in [0.3, 0.4) is 0 Å². The highest BCUT2D eigenvalue weighted by molar-refractivity contribution is 7.89. The summed E-state index contributed by atoms with van der Waals surface area (Å²) in [4.78, 5) is 9.32. The van der Waals surface area contributed by atoms with E-state index in [2.05, 4.69) is 0 Å². The molecule has 1 unspecified atom stereocenters. The zero-order chi connectivity index (χ0) is 15.5. The number of rotatable bonds is 6. The van der Waals surface area contributed by atoms with E-state index in [4.69, 9.17) is 5.11 Å². The van der Waals surface area contributed by atoms with Crippen LogP contribution in [0.25, 0.3) is 0 Å². The minimum absolute atomic E-state index is 0.0279. The van der Waals surface area contributed by atoms with Crippen LogP contribution in [0.5, 0.6) is 0 Å². The third kappa shape index (κ3) is 3.94.